The van der Waals surface area contributed by atoms with Gasteiger partial charge in [-0.05, 0) is 68.1 Å². The molecule has 4 fully saturated rings. The van der Waals surface area contributed by atoms with E-state index in [9.17, 15) is 0 Å². The minimum absolute atomic E-state index is 0.851. The van der Waals surface area contributed by atoms with Gasteiger partial charge in [0.05, 0.1) is 0 Å². The van der Waals surface area contributed by atoms with Gasteiger partial charge in [-0.1, -0.05) is 26.2 Å². The minimum atomic E-state index is 0.851. The first-order valence-electron chi connectivity index (χ1n) is 7.30. The Morgan fingerprint density at radius 3 is 1.87 bits per heavy atom. The van der Waals surface area contributed by atoms with Crippen LogP contribution in [0, 0.1) is 23.2 Å². The van der Waals surface area contributed by atoms with Gasteiger partial charge in [-0.2, -0.15) is 0 Å². The molecule has 86 valence electrons. The van der Waals surface area contributed by atoms with Crippen LogP contribution in [0.25, 0.3) is 0 Å². The van der Waals surface area contributed by atoms with Gasteiger partial charge < -0.3 is 0 Å². The fourth-order valence-electron chi connectivity index (χ4n) is 5.35. The van der Waals surface area contributed by atoms with Gasteiger partial charge in [0.1, 0.15) is 0 Å². The zero-order chi connectivity index (χ0) is 10.3. The second-order valence-corrected chi connectivity index (χ2v) is 6.87. The molecular weight excluding hydrogens is 180 g/mol. The van der Waals surface area contributed by atoms with Crippen molar-refractivity contribution in [3.8, 4) is 0 Å². The summed E-state index contributed by atoms with van der Waals surface area (Å²) in [7, 11) is 0. The Kier molecular flexibility index (Phi) is 2.57. The summed E-state index contributed by atoms with van der Waals surface area (Å²) in [6.45, 7) is 2.33. The van der Waals surface area contributed by atoms with Gasteiger partial charge in [0.25, 0.3) is 0 Å². The average molecular weight is 206 g/mol. The summed E-state index contributed by atoms with van der Waals surface area (Å²) < 4.78 is 0. The molecule has 0 aromatic heterocycles. The molecule has 0 nitrogen and oxygen atoms in total. The van der Waals surface area contributed by atoms with E-state index >= 15 is 0 Å². The molecule has 0 radical (unpaired) electrons. The van der Waals surface area contributed by atoms with Crippen LogP contribution in [0.2, 0.25) is 0 Å². The van der Waals surface area contributed by atoms with Gasteiger partial charge >= 0.3 is 0 Å². The molecule has 15 heavy (non-hydrogen) atoms. The van der Waals surface area contributed by atoms with Crippen molar-refractivity contribution in [3.63, 3.8) is 0 Å². The van der Waals surface area contributed by atoms with E-state index < -0.39 is 0 Å². The molecule has 4 bridgehead atoms. The van der Waals surface area contributed by atoms with Crippen LogP contribution >= 0.6 is 0 Å². The van der Waals surface area contributed by atoms with Crippen molar-refractivity contribution >= 4 is 0 Å². The maximum atomic E-state index is 2.33. The molecule has 0 heterocycles. The van der Waals surface area contributed by atoms with Crippen LogP contribution in [-0.4, -0.2) is 0 Å². The number of unbranched alkanes of at least 4 members (excludes halogenated alkanes) is 2. The maximum Gasteiger partial charge on any atom is -0.0290 e. The van der Waals surface area contributed by atoms with Crippen molar-refractivity contribution in [3.05, 3.63) is 0 Å². The molecule has 4 aliphatic rings. The van der Waals surface area contributed by atoms with E-state index in [1.807, 2.05) is 0 Å². The third kappa shape index (κ3) is 1.85. The van der Waals surface area contributed by atoms with Crippen LogP contribution in [0.5, 0.6) is 0 Å². The zero-order valence-electron chi connectivity index (χ0n) is 10.3. The molecule has 0 saturated heterocycles. The molecular formula is C15H26. The van der Waals surface area contributed by atoms with Crippen molar-refractivity contribution in [1.82, 2.24) is 0 Å². The SMILES string of the molecule is CCCCCC12CC3CC(CC(C3)C1)C2. The molecule has 0 N–H and O–H groups in total. The summed E-state index contributed by atoms with van der Waals surface area (Å²) in [5.41, 5.74) is 0.851. The van der Waals surface area contributed by atoms with Crippen molar-refractivity contribution < 1.29 is 0 Å². The zero-order valence-corrected chi connectivity index (χ0v) is 10.3. The second kappa shape index (κ2) is 3.79. The third-order valence-electron chi connectivity index (χ3n) is 5.48. The largest absolute Gasteiger partial charge is 0.0654 e. The Morgan fingerprint density at radius 2 is 1.40 bits per heavy atom. The van der Waals surface area contributed by atoms with Gasteiger partial charge in [0.2, 0.25) is 0 Å². The van der Waals surface area contributed by atoms with Crippen LogP contribution in [0.4, 0.5) is 0 Å². The molecule has 0 amide bonds. The molecule has 4 aliphatic carbocycles. The molecule has 0 spiro atoms. The first kappa shape index (κ1) is 10.2. The fourth-order valence-corrected chi connectivity index (χ4v) is 5.35. The van der Waals surface area contributed by atoms with E-state index in [0.717, 1.165) is 23.2 Å². The first-order valence-corrected chi connectivity index (χ1v) is 7.30. The minimum Gasteiger partial charge on any atom is -0.0654 e. The average Bonchev–Trinajstić information content (AvgIpc) is 2.15. The Balaban J connectivity index is 1.65. The van der Waals surface area contributed by atoms with Crippen molar-refractivity contribution in [2.45, 2.75) is 71.1 Å². The quantitative estimate of drug-likeness (QED) is 0.580. The van der Waals surface area contributed by atoms with Gasteiger partial charge in [-0.25, -0.2) is 0 Å². The van der Waals surface area contributed by atoms with Gasteiger partial charge in [0, 0.05) is 0 Å². The highest BCUT2D eigenvalue weighted by atomic mass is 14.5. The molecule has 0 heteroatoms. The van der Waals surface area contributed by atoms with Gasteiger partial charge in [0.15, 0.2) is 0 Å². The summed E-state index contributed by atoms with van der Waals surface area (Å²) in [5.74, 6) is 3.45. The highest BCUT2D eigenvalue weighted by Crippen LogP contribution is 2.61. The predicted molar refractivity (Wildman–Crippen MR) is 64.7 cm³/mol. The van der Waals surface area contributed by atoms with Crippen molar-refractivity contribution in [2.75, 3.05) is 0 Å². The van der Waals surface area contributed by atoms with Crippen molar-refractivity contribution in [2.24, 2.45) is 23.2 Å². The predicted octanol–water partition coefficient (Wildman–Crippen LogP) is 4.78. The smallest absolute Gasteiger partial charge is 0.0290 e. The number of rotatable bonds is 4. The van der Waals surface area contributed by atoms with Gasteiger partial charge in [-0.3, -0.25) is 0 Å². The van der Waals surface area contributed by atoms with Crippen LogP contribution in [0.3, 0.4) is 0 Å². The normalized spacial score (nSPS) is 47.4. The molecule has 0 aliphatic heterocycles. The van der Waals surface area contributed by atoms with E-state index in [1.54, 1.807) is 44.9 Å². The first-order chi connectivity index (χ1) is 7.30. The summed E-state index contributed by atoms with van der Waals surface area (Å²) in [6, 6.07) is 0. The summed E-state index contributed by atoms with van der Waals surface area (Å²) in [4.78, 5) is 0. The second-order valence-electron chi connectivity index (χ2n) is 6.87. The Labute approximate surface area is 94.8 Å². The van der Waals surface area contributed by atoms with Crippen LogP contribution in [0.15, 0.2) is 0 Å². The summed E-state index contributed by atoms with van der Waals surface area (Å²) >= 11 is 0. The lowest BCUT2D eigenvalue weighted by atomic mass is 9.48. The summed E-state index contributed by atoms with van der Waals surface area (Å²) in [6.07, 6.45) is 15.6. The monoisotopic (exact) mass is 206 g/mol. The molecule has 0 unspecified atom stereocenters. The van der Waals surface area contributed by atoms with E-state index in [0.29, 0.717) is 0 Å². The maximum absolute atomic E-state index is 2.33. The van der Waals surface area contributed by atoms with Crippen LogP contribution < -0.4 is 0 Å². The van der Waals surface area contributed by atoms with E-state index in [1.165, 1.54) is 19.3 Å². The number of hydrogen-bond donors (Lipinski definition) is 0. The standard InChI is InChI=1S/C15H26/c1-2-3-4-5-15-9-12-6-13(10-15)8-14(7-12)11-15/h12-14H,2-11H2,1H3. The third-order valence-corrected chi connectivity index (χ3v) is 5.48. The highest BCUT2D eigenvalue weighted by molar-refractivity contribution is 5.01. The fraction of sp³-hybridized carbons (Fsp3) is 1.00. The van der Waals surface area contributed by atoms with Crippen molar-refractivity contribution in [1.29, 1.82) is 0 Å². The topological polar surface area (TPSA) is 0 Å². The van der Waals surface area contributed by atoms with Crippen LogP contribution in [-0.2, 0) is 0 Å². The van der Waals surface area contributed by atoms with E-state index in [-0.39, 0.29) is 0 Å². The molecule has 4 rings (SSSR count). The highest BCUT2D eigenvalue weighted by Gasteiger charge is 2.50. The van der Waals surface area contributed by atoms with E-state index in [4.69, 9.17) is 0 Å². The molecule has 0 atom stereocenters. The van der Waals surface area contributed by atoms with E-state index in [2.05, 4.69) is 6.92 Å². The lowest BCUT2D eigenvalue weighted by Gasteiger charge is -2.57. The van der Waals surface area contributed by atoms with Gasteiger partial charge in [-0.15, -0.1) is 0 Å². The molecule has 4 saturated carbocycles. The Morgan fingerprint density at radius 1 is 0.867 bits per heavy atom. The number of hydrogen-bond acceptors (Lipinski definition) is 0. The lowest BCUT2D eigenvalue weighted by Crippen LogP contribution is -2.45. The molecule has 0 aromatic rings. The lowest BCUT2D eigenvalue weighted by molar-refractivity contribution is -0.0583. The Hall–Kier alpha value is 0. The van der Waals surface area contributed by atoms with Crippen LogP contribution in [0.1, 0.15) is 71.1 Å². The molecule has 0 aromatic carbocycles. The summed E-state index contributed by atoms with van der Waals surface area (Å²) in [5, 5.41) is 0. The Bertz CT molecular complexity index is 193.